The van der Waals surface area contributed by atoms with Gasteiger partial charge in [0.25, 0.3) is 0 Å². The molecule has 0 aromatic carbocycles. The Hall–Kier alpha value is -1.09. The van der Waals surface area contributed by atoms with Gasteiger partial charge >= 0.3 is 0 Å². The molecule has 1 fully saturated rings. The summed E-state index contributed by atoms with van der Waals surface area (Å²) < 4.78 is 0. The van der Waals surface area contributed by atoms with E-state index in [0.717, 1.165) is 32.0 Å². The van der Waals surface area contributed by atoms with Gasteiger partial charge in [0, 0.05) is 32.4 Å². The van der Waals surface area contributed by atoms with Crippen molar-refractivity contribution in [2.45, 2.75) is 40.0 Å². The van der Waals surface area contributed by atoms with E-state index in [-0.39, 0.29) is 5.41 Å². The van der Waals surface area contributed by atoms with Gasteiger partial charge in [-0.15, -0.1) is 0 Å². The van der Waals surface area contributed by atoms with Gasteiger partial charge in [0.2, 0.25) is 0 Å². The Morgan fingerprint density at radius 1 is 1.00 bits per heavy atom. The molecule has 2 rings (SSSR count). The smallest absolute Gasteiger partial charge is 0.128 e. The summed E-state index contributed by atoms with van der Waals surface area (Å²) in [7, 11) is 2.17. The summed E-state index contributed by atoms with van der Waals surface area (Å²) in [5.74, 6) is 1.12. The number of piperazine rings is 1. The molecule has 0 radical (unpaired) electrons. The Morgan fingerprint density at radius 2 is 1.58 bits per heavy atom. The van der Waals surface area contributed by atoms with E-state index in [1.807, 2.05) is 20.0 Å². The third kappa shape index (κ3) is 4.50. The SMILES string of the molecule is CC.CN1CCN(c2ccc(C(C)(C)C)cn2)CC1. The van der Waals surface area contributed by atoms with Crippen LogP contribution in [0.25, 0.3) is 0 Å². The first-order valence-corrected chi connectivity index (χ1v) is 7.37. The predicted molar refractivity (Wildman–Crippen MR) is 84.0 cm³/mol. The Kier molecular flexibility index (Phi) is 5.80. The quantitative estimate of drug-likeness (QED) is 0.776. The molecule has 0 saturated carbocycles. The predicted octanol–water partition coefficient (Wildman–Crippen LogP) is 3.16. The third-order valence-electron chi connectivity index (χ3n) is 3.44. The average Bonchev–Trinajstić information content (AvgIpc) is 2.41. The molecule has 2 heterocycles. The van der Waals surface area contributed by atoms with Gasteiger partial charge in [-0.3, -0.25) is 0 Å². The maximum Gasteiger partial charge on any atom is 0.128 e. The lowest BCUT2D eigenvalue weighted by Gasteiger charge is -2.33. The lowest BCUT2D eigenvalue weighted by Crippen LogP contribution is -2.44. The van der Waals surface area contributed by atoms with Crippen LogP contribution in [0.2, 0.25) is 0 Å². The molecule has 1 aliphatic heterocycles. The zero-order valence-corrected chi connectivity index (χ0v) is 13.4. The van der Waals surface area contributed by atoms with Gasteiger partial charge in [0.15, 0.2) is 0 Å². The summed E-state index contributed by atoms with van der Waals surface area (Å²) in [4.78, 5) is 9.33. The summed E-state index contributed by atoms with van der Waals surface area (Å²) in [6, 6.07) is 4.37. The summed E-state index contributed by atoms with van der Waals surface area (Å²) in [6.07, 6.45) is 2.02. The Labute approximate surface area is 118 Å². The van der Waals surface area contributed by atoms with Crippen LogP contribution in [0.3, 0.4) is 0 Å². The number of anilines is 1. The lowest BCUT2D eigenvalue weighted by molar-refractivity contribution is 0.312. The normalized spacial score (nSPS) is 16.8. The van der Waals surface area contributed by atoms with E-state index >= 15 is 0 Å². The van der Waals surface area contributed by atoms with Crippen molar-refractivity contribution < 1.29 is 0 Å². The highest BCUT2D eigenvalue weighted by atomic mass is 15.3. The molecule has 108 valence electrons. The molecule has 1 aliphatic rings. The second-order valence-electron chi connectivity index (χ2n) is 5.95. The number of hydrogen-bond donors (Lipinski definition) is 0. The highest BCUT2D eigenvalue weighted by Gasteiger charge is 2.17. The molecule has 1 aromatic rings. The average molecular weight is 263 g/mol. The number of aromatic nitrogens is 1. The van der Waals surface area contributed by atoms with Crippen LogP contribution in [0.4, 0.5) is 5.82 Å². The van der Waals surface area contributed by atoms with E-state index in [1.165, 1.54) is 5.56 Å². The number of nitrogens with zero attached hydrogens (tertiary/aromatic N) is 3. The fourth-order valence-electron chi connectivity index (χ4n) is 2.05. The Morgan fingerprint density at radius 3 is 2.00 bits per heavy atom. The molecule has 3 heteroatoms. The molecule has 0 N–H and O–H groups in total. The molecule has 0 spiro atoms. The highest BCUT2D eigenvalue weighted by molar-refractivity contribution is 5.41. The van der Waals surface area contributed by atoms with E-state index in [9.17, 15) is 0 Å². The fourth-order valence-corrected chi connectivity index (χ4v) is 2.05. The van der Waals surface area contributed by atoms with Crippen LogP contribution in [-0.2, 0) is 5.41 Å². The Balaban J connectivity index is 0.000000861. The molecule has 0 unspecified atom stereocenters. The Bertz CT molecular complexity index is 357. The highest BCUT2D eigenvalue weighted by Crippen LogP contribution is 2.23. The van der Waals surface area contributed by atoms with Crippen molar-refractivity contribution in [3.8, 4) is 0 Å². The number of hydrogen-bond acceptors (Lipinski definition) is 3. The molecule has 0 aliphatic carbocycles. The minimum Gasteiger partial charge on any atom is -0.354 e. The lowest BCUT2D eigenvalue weighted by atomic mass is 9.88. The third-order valence-corrected chi connectivity index (χ3v) is 3.44. The molecule has 1 aromatic heterocycles. The van der Waals surface area contributed by atoms with E-state index < -0.39 is 0 Å². The van der Waals surface area contributed by atoms with Crippen LogP contribution in [-0.4, -0.2) is 43.1 Å². The van der Waals surface area contributed by atoms with Crippen LogP contribution in [0, 0.1) is 0 Å². The van der Waals surface area contributed by atoms with Crippen molar-refractivity contribution in [1.29, 1.82) is 0 Å². The van der Waals surface area contributed by atoms with Crippen LogP contribution in [0.5, 0.6) is 0 Å². The molecule has 1 saturated heterocycles. The topological polar surface area (TPSA) is 19.4 Å². The molecule has 0 bridgehead atoms. The molecule has 0 amide bonds. The number of rotatable bonds is 1. The minimum atomic E-state index is 0.188. The molecular formula is C16H29N3. The van der Waals surface area contributed by atoms with Crippen LogP contribution >= 0.6 is 0 Å². The van der Waals surface area contributed by atoms with Crippen molar-refractivity contribution in [2.24, 2.45) is 0 Å². The summed E-state index contributed by atoms with van der Waals surface area (Å²) >= 11 is 0. The van der Waals surface area contributed by atoms with Crippen LogP contribution in [0.1, 0.15) is 40.2 Å². The van der Waals surface area contributed by atoms with Gasteiger partial charge in [-0.1, -0.05) is 40.7 Å². The standard InChI is InChI=1S/C14H23N3.C2H6/c1-14(2,3)12-5-6-13(15-11-12)17-9-7-16(4)8-10-17;1-2/h5-6,11H,7-10H2,1-4H3;1-2H3. The molecule has 19 heavy (non-hydrogen) atoms. The maximum absolute atomic E-state index is 4.60. The summed E-state index contributed by atoms with van der Waals surface area (Å²) in [5.41, 5.74) is 1.49. The van der Waals surface area contributed by atoms with Gasteiger partial charge in [0.1, 0.15) is 5.82 Å². The van der Waals surface area contributed by atoms with Gasteiger partial charge in [-0.05, 0) is 24.1 Å². The second kappa shape index (κ2) is 6.90. The first-order valence-electron chi connectivity index (χ1n) is 7.37. The van der Waals surface area contributed by atoms with Crippen molar-refractivity contribution in [3.05, 3.63) is 23.9 Å². The van der Waals surface area contributed by atoms with E-state index in [1.54, 1.807) is 0 Å². The molecule has 0 atom stereocenters. The monoisotopic (exact) mass is 263 g/mol. The summed E-state index contributed by atoms with van der Waals surface area (Å²) in [5, 5.41) is 0. The number of likely N-dealkylation sites (N-methyl/N-ethyl adjacent to an activating group) is 1. The zero-order chi connectivity index (χ0) is 14.5. The number of pyridine rings is 1. The summed E-state index contributed by atoms with van der Waals surface area (Å²) in [6.45, 7) is 15.1. The van der Waals surface area contributed by atoms with Crippen molar-refractivity contribution in [3.63, 3.8) is 0 Å². The molecule has 3 nitrogen and oxygen atoms in total. The maximum atomic E-state index is 4.60. The largest absolute Gasteiger partial charge is 0.354 e. The first-order chi connectivity index (χ1) is 8.97. The van der Waals surface area contributed by atoms with Crippen molar-refractivity contribution in [2.75, 3.05) is 38.1 Å². The van der Waals surface area contributed by atoms with Gasteiger partial charge < -0.3 is 9.80 Å². The fraction of sp³-hybridized carbons (Fsp3) is 0.688. The second-order valence-corrected chi connectivity index (χ2v) is 5.95. The van der Waals surface area contributed by atoms with Crippen LogP contribution < -0.4 is 4.90 Å². The first kappa shape index (κ1) is 16.0. The minimum absolute atomic E-state index is 0.188. The van der Waals surface area contributed by atoms with Crippen molar-refractivity contribution in [1.82, 2.24) is 9.88 Å². The van der Waals surface area contributed by atoms with Gasteiger partial charge in [-0.2, -0.15) is 0 Å². The van der Waals surface area contributed by atoms with Gasteiger partial charge in [0.05, 0.1) is 0 Å². The van der Waals surface area contributed by atoms with Crippen LogP contribution in [0.15, 0.2) is 18.3 Å². The van der Waals surface area contributed by atoms with E-state index in [2.05, 4.69) is 54.7 Å². The van der Waals surface area contributed by atoms with E-state index in [4.69, 9.17) is 0 Å². The van der Waals surface area contributed by atoms with E-state index in [0.29, 0.717) is 0 Å². The van der Waals surface area contributed by atoms with Gasteiger partial charge in [-0.25, -0.2) is 4.98 Å². The molecular weight excluding hydrogens is 234 g/mol. The van der Waals surface area contributed by atoms with Crippen molar-refractivity contribution >= 4 is 5.82 Å². The zero-order valence-electron chi connectivity index (χ0n) is 13.4.